The number of pyridine rings is 5. The molecule has 5 nitrogen and oxygen atoms in total. The van der Waals surface area contributed by atoms with Crippen LogP contribution in [-0.2, 0) is 0 Å². The Morgan fingerprint density at radius 3 is 1.17 bits per heavy atom. The summed E-state index contributed by atoms with van der Waals surface area (Å²) >= 11 is 0. The van der Waals surface area contributed by atoms with Gasteiger partial charge in [0.25, 0.3) is 0 Å². The lowest BCUT2D eigenvalue weighted by molar-refractivity contribution is 1.21. The topological polar surface area (TPSA) is 64.5 Å². The third kappa shape index (κ3) is 18.3. The molecule has 0 aliphatic rings. The molecule has 0 unspecified atom stereocenters. The van der Waals surface area contributed by atoms with Gasteiger partial charge in [-0.15, -0.1) is 0 Å². The van der Waals surface area contributed by atoms with Crippen molar-refractivity contribution in [2.45, 2.75) is 41.5 Å². The lowest BCUT2D eigenvalue weighted by Gasteiger charge is -2.03. The number of hydrogen-bond acceptors (Lipinski definition) is 5. The molecule has 5 heteroatoms. The van der Waals surface area contributed by atoms with E-state index in [1.165, 1.54) is 61.2 Å². The van der Waals surface area contributed by atoms with E-state index in [1.807, 2.05) is 184 Å². The maximum absolute atomic E-state index is 4.44. The Balaban J connectivity index is 0.000000136. The van der Waals surface area contributed by atoms with Crippen LogP contribution in [0.4, 0.5) is 0 Å². The summed E-state index contributed by atoms with van der Waals surface area (Å²) in [5, 5.41) is 0. The van der Waals surface area contributed by atoms with Gasteiger partial charge in [-0.3, -0.25) is 24.9 Å². The molecule has 0 aliphatic carbocycles. The Labute approximate surface area is 462 Å². The summed E-state index contributed by atoms with van der Waals surface area (Å²) < 4.78 is 0. The van der Waals surface area contributed by atoms with Gasteiger partial charge in [0.1, 0.15) is 0 Å². The van der Waals surface area contributed by atoms with Crippen molar-refractivity contribution >= 4 is 0 Å². The second-order valence-electron chi connectivity index (χ2n) is 18.5. The van der Waals surface area contributed by atoms with Gasteiger partial charge < -0.3 is 0 Å². The van der Waals surface area contributed by atoms with Gasteiger partial charge in [-0.05, 0) is 117 Å². The van der Waals surface area contributed by atoms with Crippen LogP contribution in [0.1, 0.15) is 33.5 Å². The van der Waals surface area contributed by atoms with Crippen LogP contribution < -0.4 is 0 Å². The van der Waals surface area contributed by atoms with Crippen LogP contribution in [-0.4, -0.2) is 24.9 Å². The molecular formula is C73H67N5. The SMILES string of the molecule is Cc1ccc(-c2ccccc2)nc1.Cc1cccc(-c2ccccc2)c1.Cc1cccc(-c2ccccc2)n1.Cc1cccnc1-c1ccccc1.Cc1cnc(-c2ccccc2)cc1C.c1ccc(-c2ccccn2)cc1. The monoisotopic (exact) mass is 1010 g/mol. The summed E-state index contributed by atoms with van der Waals surface area (Å²) in [6.07, 6.45) is 7.46. The first-order valence-corrected chi connectivity index (χ1v) is 26.2. The van der Waals surface area contributed by atoms with Gasteiger partial charge in [0.05, 0.1) is 28.5 Å². The molecule has 5 heterocycles. The predicted molar refractivity (Wildman–Crippen MR) is 329 cm³/mol. The first-order valence-electron chi connectivity index (χ1n) is 26.2. The molecule has 0 aliphatic heterocycles. The van der Waals surface area contributed by atoms with Crippen LogP contribution in [0.3, 0.4) is 0 Å². The third-order valence-electron chi connectivity index (χ3n) is 12.3. The van der Waals surface area contributed by atoms with Crippen molar-refractivity contribution in [3.63, 3.8) is 0 Å². The summed E-state index contributed by atoms with van der Waals surface area (Å²) in [6.45, 7) is 12.4. The zero-order chi connectivity index (χ0) is 54.6. The van der Waals surface area contributed by atoms with E-state index >= 15 is 0 Å². The highest BCUT2D eigenvalue weighted by Gasteiger charge is 2.02. The second kappa shape index (κ2) is 30.6. The fraction of sp³-hybridized carbons (Fsp3) is 0.0822. The van der Waals surface area contributed by atoms with E-state index < -0.39 is 0 Å². The normalized spacial score (nSPS) is 9.92. The zero-order valence-corrected chi connectivity index (χ0v) is 45.5. The molecule has 5 aromatic heterocycles. The van der Waals surface area contributed by atoms with Gasteiger partial charge >= 0.3 is 0 Å². The average molecular weight is 1010 g/mol. The molecule has 0 amide bonds. The highest BCUT2D eigenvalue weighted by atomic mass is 14.7. The third-order valence-corrected chi connectivity index (χ3v) is 12.3. The minimum absolute atomic E-state index is 1.03. The van der Waals surface area contributed by atoms with E-state index in [-0.39, 0.29) is 0 Å². The number of benzene rings is 7. The molecular weight excluding hydrogens is 947 g/mol. The smallest absolute Gasteiger partial charge is 0.0731 e. The number of aryl methyl sites for hydroxylation is 6. The molecule has 0 fully saturated rings. The molecule has 0 radical (unpaired) electrons. The maximum atomic E-state index is 4.44. The standard InChI is InChI=1S/C13H13N.C13H12.3C12H11N.C11H9N/c1-10-8-13(14-9-11(10)2)12-6-4-3-5-7-12;1-11-6-5-9-13(10-11)12-7-3-2-4-8-12;1-10-6-5-9-13-12(10)11-7-3-2-4-8-11;1-10-6-5-9-12(13-10)11-7-3-2-4-8-11;1-10-7-8-12(13-9-10)11-5-3-2-4-6-11;1-2-6-10(7-3-1)11-8-4-5-9-12-11/h3-9H,1-2H3;2-10H,1H3;3*2-9H,1H3;1-9H. The van der Waals surface area contributed by atoms with Crippen molar-refractivity contribution in [1.29, 1.82) is 0 Å². The quantitative estimate of drug-likeness (QED) is 0.166. The van der Waals surface area contributed by atoms with Gasteiger partial charge in [-0.25, -0.2) is 0 Å². The van der Waals surface area contributed by atoms with E-state index in [1.54, 1.807) is 0 Å². The lowest BCUT2D eigenvalue weighted by Crippen LogP contribution is -1.87. The van der Waals surface area contributed by atoms with Crippen molar-refractivity contribution in [3.8, 4) is 67.4 Å². The lowest BCUT2D eigenvalue weighted by atomic mass is 10.0. The number of hydrogen-bond donors (Lipinski definition) is 0. The van der Waals surface area contributed by atoms with Gasteiger partial charge in [-0.2, -0.15) is 0 Å². The van der Waals surface area contributed by atoms with E-state index in [9.17, 15) is 0 Å². The van der Waals surface area contributed by atoms with Gasteiger partial charge in [-0.1, -0.05) is 236 Å². The van der Waals surface area contributed by atoms with Crippen molar-refractivity contribution in [2.24, 2.45) is 0 Å². The summed E-state index contributed by atoms with van der Waals surface area (Å²) in [4.78, 5) is 21.8. The van der Waals surface area contributed by atoms with Crippen LogP contribution in [0.25, 0.3) is 67.4 Å². The number of nitrogens with zero attached hydrogens (tertiary/aromatic N) is 5. The highest BCUT2D eigenvalue weighted by molar-refractivity contribution is 5.65. The highest BCUT2D eigenvalue weighted by Crippen LogP contribution is 2.22. The Morgan fingerprint density at radius 2 is 0.679 bits per heavy atom. The van der Waals surface area contributed by atoms with Gasteiger partial charge in [0.15, 0.2) is 0 Å². The molecule has 0 atom stereocenters. The number of rotatable bonds is 6. The van der Waals surface area contributed by atoms with Crippen molar-refractivity contribution in [2.75, 3.05) is 0 Å². The predicted octanol–water partition coefficient (Wildman–Crippen LogP) is 18.9. The summed E-state index contributed by atoms with van der Waals surface area (Å²) in [5.74, 6) is 0. The van der Waals surface area contributed by atoms with Gasteiger partial charge in [0.2, 0.25) is 0 Å². The average Bonchev–Trinajstić information content (AvgIpc) is 3.51. The molecule has 0 saturated carbocycles. The number of aromatic nitrogens is 5. The molecule has 0 spiro atoms. The Kier molecular flexibility index (Phi) is 22.0. The Bertz CT molecular complexity index is 3460. The zero-order valence-electron chi connectivity index (χ0n) is 45.5. The molecule has 0 saturated heterocycles. The Morgan fingerprint density at radius 1 is 0.231 bits per heavy atom. The first kappa shape index (κ1) is 56.0. The van der Waals surface area contributed by atoms with Crippen LogP contribution in [0, 0.1) is 41.5 Å². The van der Waals surface area contributed by atoms with Crippen LogP contribution in [0.15, 0.2) is 298 Å². The van der Waals surface area contributed by atoms with Crippen molar-refractivity contribution < 1.29 is 0 Å². The van der Waals surface area contributed by atoms with E-state index in [2.05, 4.69) is 180 Å². The summed E-state index contributed by atoms with van der Waals surface area (Å²) in [6, 6.07) is 92.3. The fourth-order valence-corrected chi connectivity index (χ4v) is 7.93. The van der Waals surface area contributed by atoms with Crippen LogP contribution >= 0.6 is 0 Å². The fourth-order valence-electron chi connectivity index (χ4n) is 7.93. The molecule has 0 N–H and O–H groups in total. The molecule has 78 heavy (non-hydrogen) atoms. The Hall–Kier alpha value is -9.71. The van der Waals surface area contributed by atoms with Crippen molar-refractivity contribution in [3.05, 3.63) is 331 Å². The van der Waals surface area contributed by atoms with Gasteiger partial charge in [0, 0.05) is 58.3 Å². The maximum Gasteiger partial charge on any atom is 0.0731 e. The van der Waals surface area contributed by atoms with E-state index in [0.717, 1.165) is 39.7 Å². The summed E-state index contributed by atoms with van der Waals surface area (Å²) in [7, 11) is 0. The minimum atomic E-state index is 1.03. The van der Waals surface area contributed by atoms with E-state index in [0.29, 0.717) is 0 Å². The van der Waals surface area contributed by atoms with Crippen LogP contribution in [0.2, 0.25) is 0 Å². The second-order valence-corrected chi connectivity index (χ2v) is 18.5. The first-order chi connectivity index (χ1) is 38.2. The van der Waals surface area contributed by atoms with Crippen molar-refractivity contribution in [1.82, 2.24) is 24.9 Å². The van der Waals surface area contributed by atoms with Crippen LogP contribution in [0.5, 0.6) is 0 Å². The van der Waals surface area contributed by atoms with E-state index in [4.69, 9.17) is 0 Å². The molecule has 384 valence electrons. The molecule has 12 rings (SSSR count). The molecule has 7 aromatic carbocycles. The largest absolute Gasteiger partial charge is 0.256 e. The minimum Gasteiger partial charge on any atom is -0.256 e. The molecule has 12 aromatic rings. The molecule has 0 bridgehead atoms. The summed E-state index contributed by atoms with van der Waals surface area (Å²) in [5.41, 5.74) is 21.0.